The molecule has 4 heterocycles. The second-order valence-corrected chi connectivity index (χ2v) is 7.46. The Morgan fingerprint density at radius 2 is 2.18 bits per heavy atom. The molecule has 1 atom stereocenters. The Labute approximate surface area is 164 Å². The van der Waals surface area contributed by atoms with Gasteiger partial charge in [-0.05, 0) is 45.7 Å². The highest BCUT2D eigenvalue weighted by Crippen LogP contribution is 2.33. The highest BCUT2D eigenvalue weighted by Gasteiger charge is 2.29. The van der Waals surface area contributed by atoms with Gasteiger partial charge in [0, 0.05) is 31.6 Å². The van der Waals surface area contributed by atoms with E-state index in [9.17, 15) is 4.79 Å². The lowest BCUT2D eigenvalue weighted by Crippen LogP contribution is -2.44. The number of carbonyl (C=O) groups excluding carboxylic acids is 1. The van der Waals surface area contributed by atoms with Crippen molar-refractivity contribution in [2.45, 2.75) is 40.0 Å². The Hall–Kier alpha value is -2.83. The summed E-state index contributed by atoms with van der Waals surface area (Å²) < 4.78 is 11.1. The summed E-state index contributed by atoms with van der Waals surface area (Å²) in [6.45, 7) is 7.97. The first kappa shape index (κ1) is 18.5. The van der Waals surface area contributed by atoms with Crippen LogP contribution in [0.3, 0.4) is 0 Å². The predicted molar refractivity (Wildman–Crippen MR) is 106 cm³/mol. The van der Waals surface area contributed by atoms with Crippen molar-refractivity contribution in [3.63, 3.8) is 0 Å². The zero-order valence-electron chi connectivity index (χ0n) is 16.6. The minimum Gasteiger partial charge on any atom is -0.469 e. The molecule has 3 aromatic rings. The predicted octanol–water partition coefficient (Wildman–Crippen LogP) is 3.32. The van der Waals surface area contributed by atoms with Crippen LogP contribution in [0.2, 0.25) is 0 Å². The number of aryl methyl sites for hydroxylation is 3. The number of nitrogens with zero attached hydrogens (tertiary/aromatic N) is 3. The van der Waals surface area contributed by atoms with Gasteiger partial charge in [-0.2, -0.15) is 4.98 Å². The molecule has 7 heteroatoms. The molecule has 0 bridgehead atoms. The van der Waals surface area contributed by atoms with Gasteiger partial charge in [0.15, 0.2) is 0 Å². The van der Waals surface area contributed by atoms with Gasteiger partial charge in [-0.3, -0.25) is 4.79 Å². The fourth-order valence-electron chi connectivity index (χ4n) is 3.85. The molecule has 148 valence electrons. The summed E-state index contributed by atoms with van der Waals surface area (Å²) in [6, 6.07) is 3.78. The molecule has 1 fully saturated rings. The van der Waals surface area contributed by atoms with Crippen LogP contribution in [0.4, 0.5) is 5.82 Å². The summed E-state index contributed by atoms with van der Waals surface area (Å²) in [5.41, 5.74) is 1.69. The van der Waals surface area contributed by atoms with Crippen LogP contribution in [-0.4, -0.2) is 35.5 Å². The number of rotatable bonds is 5. The van der Waals surface area contributed by atoms with Gasteiger partial charge in [0.05, 0.1) is 17.6 Å². The zero-order valence-corrected chi connectivity index (χ0v) is 16.6. The van der Waals surface area contributed by atoms with E-state index < -0.39 is 0 Å². The van der Waals surface area contributed by atoms with E-state index in [4.69, 9.17) is 13.8 Å². The molecule has 0 spiro atoms. The maximum Gasteiger partial charge on any atom is 0.231 e. The minimum atomic E-state index is -0.0519. The number of hydrogen-bond acceptors (Lipinski definition) is 6. The van der Waals surface area contributed by atoms with Crippen LogP contribution in [0, 0.1) is 26.7 Å². The van der Waals surface area contributed by atoms with E-state index in [1.54, 1.807) is 6.26 Å². The van der Waals surface area contributed by atoms with Gasteiger partial charge in [0.25, 0.3) is 0 Å². The number of aromatic nitrogens is 2. The van der Waals surface area contributed by atoms with E-state index in [2.05, 4.69) is 15.2 Å². The average Bonchev–Trinajstić information content (AvgIpc) is 3.29. The SMILES string of the molecule is Cc1nc(N2CCC[C@@H](C(=O)NCCc3ccco3)C2)c2c(C)c(C)oc2n1. The molecule has 1 N–H and O–H groups in total. The molecule has 3 aromatic heterocycles. The summed E-state index contributed by atoms with van der Waals surface area (Å²) in [6.07, 6.45) is 4.20. The lowest BCUT2D eigenvalue weighted by Gasteiger charge is -2.33. The molecule has 7 nitrogen and oxygen atoms in total. The lowest BCUT2D eigenvalue weighted by atomic mass is 9.96. The molecule has 0 saturated carbocycles. The maximum atomic E-state index is 12.7. The number of carbonyl (C=O) groups is 1. The van der Waals surface area contributed by atoms with Crippen LogP contribution in [-0.2, 0) is 11.2 Å². The van der Waals surface area contributed by atoms with Crippen LogP contribution in [0.5, 0.6) is 0 Å². The number of amides is 1. The van der Waals surface area contributed by atoms with E-state index >= 15 is 0 Å². The fourth-order valence-corrected chi connectivity index (χ4v) is 3.85. The van der Waals surface area contributed by atoms with Gasteiger partial charge in [0.2, 0.25) is 11.6 Å². The second-order valence-electron chi connectivity index (χ2n) is 7.46. The molecule has 1 aliphatic rings. The zero-order chi connectivity index (χ0) is 19.7. The maximum absolute atomic E-state index is 12.7. The summed E-state index contributed by atoms with van der Waals surface area (Å²) in [4.78, 5) is 24.0. The van der Waals surface area contributed by atoms with E-state index in [1.165, 1.54) is 0 Å². The first-order valence-corrected chi connectivity index (χ1v) is 9.82. The Balaban J connectivity index is 1.48. The van der Waals surface area contributed by atoms with Crippen molar-refractivity contribution in [2.24, 2.45) is 5.92 Å². The van der Waals surface area contributed by atoms with Gasteiger partial charge in [-0.1, -0.05) is 0 Å². The molecule has 1 amide bonds. The quantitative estimate of drug-likeness (QED) is 0.729. The van der Waals surface area contributed by atoms with Crippen LogP contribution < -0.4 is 10.2 Å². The third-order valence-electron chi connectivity index (χ3n) is 5.46. The number of furan rings is 2. The fraction of sp³-hybridized carbons (Fsp3) is 0.476. The highest BCUT2D eigenvalue weighted by atomic mass is 16.3. The number of nitrogens with one attached hydrogen (secondary N) is 1. The van der Waals surface area contributed by atoms with Crippen molar-refractivity contribution in [1.82, 2.24) is 15.3 Å². The van der Waals surface area contributed by atoms with E-state index in [1.807, 2.05) is 32.9 Å². The number of fused-ring (bicyclic) bond motifs is 1. The monoisotopic (exact) mass is 382 g/mol. The topological polar surface area (TPSA) is 84.4 Å². The Morgan fingerprint density at radius 1 is 1.32 bits per heavy atom. The second kappa shape index (κ2) is 7.66. The van der Waals surface area contributed by atoms with Crippen molar-refractivity contribution >= 4 is 22.8 Å². The van der Waals surface area contributed by atoms with Crippen LogP contribution >= 0.6 is 0 Å². The van der Waals surface area contributed by atoms with Gasteiger partial charge < -0.3 is 19.1 Å². The smallest absolute Gasteiger partial charge is 0.231 e. The van der Waals surface area contributed by atoms with Gasteiger partial charge >= 0.3 is 0 Å². The first-order valence-electron chi connectivity index (χ1n) is 9.82. The third-order valence-corrected chi connectivity index (χ3v) is 5.46. The summed E-state index contributed by atoms with van der Waals surface area (Å²) in [5, 5.41) is 4.01. The van der Waals surface area contributed by atoms with Crippen LogP contribution in [0.1, 0.15) is 35.7 Å². The molecular formula is C21H26N4O3. The lowest BCUT2D eigenvalue weighted by molar-refractivity contribution is -0.125. The molecule has 1 aliphatic heterocycles. The van der Waals surface area contributed by atoms with Gasteiger partial charge in [-0.25, -0.2) is 4.98 Å². The number of piperidine rings is 1. The number of anilines is 1. The summed E-state index contributed by atoms with van der Waals surface area (Å²) in [7, 11) is 0. The first-order chi connectivity index (χ1) is 13.5. The van der Waals surface area contributed by atoms with E-state index in [-0.39, 0.29) is 11.8 Å². The van der Waals surface area contributed by atoms with E-state index in [0.717, 1.165) is 47.7 Å². The van der Waals surface area contributed by atoms with Crippen molar-refractivity contribution < 1.29 is 13.6 Å². The van der Waals surface area contributed by atoms with Crippen LogP contribution in [0.25, 0.3) is 11.1 Å². The molecular weight excluding hydrogens is 356 g/mol. The average molecular weight is 382 g/mol. The normalized spacial score (nSPS) is 17.2. The standard InChI is InChI=1S/C21H26N4O3/c1-13-14(2)28-21-18(13)19(23-15(3)24-21)25-10-4-6-16(12-25)20(26)22-9-8-17-7-5-11-27-17/h5,7,11,16H,4,6,8-10,12H2,1-3H3,(H,22,26)/t16-/m1/s1. The molecule has 1 saturated heterocycles. The van der Waals surface area contributed by atoms with Crippen molar-refractivity contribution in [3.05, 3.63) is 41.3 Å². The molecule has 0 radical (unpaired) electrons. The third kappa shape index (κ3) is 3.61. The van der Waals surface area contributed by atoms with Crippen molar-refractivity contribution in [1.29, 1.82) is 0 Å². The Bertz CT molecular complexity index is 977. The summed E-state index contributed by atoms with van der Waals surface area (Å²) in [5.74, 6) is 3.35. The largest absolute Gasteiger partial charge is 0.469 e. The Morgan fingerprint density at radius 3 is 2.96 bits per heavy atom. The molecule has 0 aliphatic carbocycles. The minimum absolute atomic E-state index is 0.0519. The number of hydrogen-bond donors (Lipinski definition) is 1. The highest BCUT2D eigenvalue weighted by molar-refractivity contribution is 5.90. The van der Waals surface area contributed by atoms with Crippen molar-refractivity contribution in [2.75, 3.05) is 24.5 Å². The molecule has 0 aromatic carbocycles. The van der Waals surface area contributed by atoms with Crippen LogP contribution in [0.15, 0.2) is 27.2 Å². The molecule has 4 rings (SSSR count). The Kier molecular flexibility index (Phi) is 5.07. The summed E-state index contributed by atoms with van der Waals surface area (Å²) >= 11 is 0. The molecule has 28 heavy (non-hydrogen) atoms. The molecule has 0 unspecified atom stereocenters. The van der Waals surface area contributed by atoms with Gasteiger partial charge in [0.1, 0.15) is 23.2 Å². The van der Waals surface area contributed by atoms with Crippen molar-refractivity contribution in [3.8, 4) is 0 Å². The van der Waals surface area contributed by atoms with Gasteiger partial charge in [-0.15, -0.1) is 0 Å². The van der Waals surface area contributed by atoms with E-state index in [0.29, 0.717) is 31.0 Å².